The van der Waals surface area contributed by atoms with E-state index in [2.05, 4.69) is 17.6 Å². The molecule has 0 aromatic heterocycles. The highest BCUT2D eigenvalue weighted by Crippen LogP contribution is 2.31. The topological polar surface area (TPSA) is 32.3 Å². The number of aryl methyl sites for hydroxylation is 1. The zero-order chi connectivity index (χ0) is 13.5. The van der Waals surface area contributed by atoms with Crippen LogP contribution in [0.5, 0.6) is 5.75 Å². The van der Waals surface area contributed by atoms with Crippen LogP contribution in [0.3, 0.4) is 0 Å². The monoisotopic (exact) mass is 279 g/mol. The molecule has 1 aromatic rings. The van der Waals surface area contributed by atoms with E-state index in [4.69, 9.17) is 0 Å². The molecule has 19 heavy (non-hydrogen) atoms. The van der Waals surface area contributed by atoms with Gasteiger partial charge in [-0.05, 0) is 73.9 Å². The number of rotatable bonds is 7. The smallest absolute Gasteiger partial charge is 0.115 e. The zero-order valence-electron chi connectivity index (χ0n) is 11.8. The van der Waals surface area contributed by atoms with Gasteiger partial charge < -0.3 is 10.4 Å². The Hall–Kier alpha value is -0.670. The van der Waals surface area contributed by atoms with Gasteiger partial charge in [-0.25, -0.2) is 0 Å². The van der Waals surface area contributed by atoms with Crippen molar-refractivity contribution in [2.24, 2.45) is 0 Å². The first-order valence-corrected chi connectivity index (χ1v) is 8.75. The van der Waals surface area contributed by atoms with Crippen LogP contribution in [0.4, 0.5) is 0 Å². The van der Waals surface area contributed by atoms with Gasteiger partial charge in [0.1, 0.15) is 5.75 Å². The van der Waals surface area contributed by atoms with Crippen LogP contribution in [0.25, 0.3) is 0 Å². The van der Waals surface area contributed by atoms with Crippen LogP contribution in [-0.2, 0) is 6.42 Å². The second-order valence-corrected chi connectivity index (χ2v) is 6.32. The fourth-order valence-corrected chi connectivity index (χ4v) is 3.33. The number of hydrogen-bond acceptors (Lipinski definition) is 3. The minimum absolute atomic E-state index is 0.400. The Morgan fingerprint density at radius 3 is 3.05 bits per heavy atom. The maximum atomic E-state index is 9.55. The third-order valence-electron chi connectivity index (χ3n) is 3.86. The number of phenols is 1. The van der Waals surface area contributed by atoms with Crippen LogP contribution in [0.15, 0.2) is 18.2 Å². The van der Waals surface area contributed by atoms with E-state index in [1.54, 1.807) is 0 Å². The maximum absolute atomic E-state index is 9.55. The quantitative estimate of drug-likeness (QED) is 0.743. The summed E-state index contributed by atoms with van der Waals surface area (Å²) in [7, 11) is 0. The molecule has 2 N–H and O–H groups in total. The van der Waals surface area contributed by atoms with Gasteiger partial charge in [0.2, 0.25) is 0 Å². The van der Waals surface area contributed by atoms with Crippen LogP contribution in [-0.4, -0.2) is 23.7 Å². The van der Waals surface area contributed by atoms with Gasteiger partial charge in [0.15, 0.2) is 0 Å². The van der Waals surface area contributed by atoms with Crippen molar-refractivity contribution in [1.29, 1.82) is 0 Å². The first kappa shape index (κ1) is 14.7. The Labute approximate surface area is 121 Å². The van der Waals surface area contributed by atoms with Crippen molar-refractivity contribution in [3.8, 4) is 5.75 Å². The van der Waals surface area contributed by atoms with Crippen molar-refractivity contribution in [1.82, 2.24) is 5.32 Å². The Morgan fingerprint density at radius 2 is 2.21 bits per heavy atom. The molecule has 0 fully saturated rings. The number of aromatic hydroxyl groups is 1. The molecule has 2 rings (SSSR count). The summed E-state index contributed by atoms with van der Waals surface area (Å²) in [6.45, 7) is 1.11. The van der Waals surface area contributed by atoms with Crippen molar-refractivity contribution in [3.05, 3.63) is 29.3 Å². The third-order valence-corrected chi connectivity index (χ3v) is 4.55. The van der Waals surface area contributed by atoms with Gasteiger partial charge in [0.25, 0.3) is 0 Å². The summed E-state index contributed by atoms with van der Waals surface area (Å²) in [5.41, 5.74) is 2.72. The molecule has 2 nitrogen and oxygen atoms in total. The summed E-state index contributed by atoms with van der Waals surface area (Å²) < 4.78 is 0. The van der Waals surface area contributed by atoms with Gasteiger partial charge in [-0.1, -0.05) is 12.5 Å². The zero-order valence-corrected chi connectivity index (χ0v) is 12.6. The normalized spacial score (nSPS) is 18.3. The first-order chi connectivity index (χ1) is 9.31. The largest absolute Gasteiger partial charge is 0.508 e. The fraction of sp³-hybridized carbons (Fsp3) is 0.625. The van der Waals surface area contributed by atoms with Crippen molar-refractivity contribution in [2.75, 3.05) is 18.6 Å². The van der Waals surface area contributed by atoms with Gasteiger partial charge in [0, 0.05) is 6.04 Å². The van der Waals surface area contributed by atoms with E-state index in [0.29, 0.717) is 11.8 Å². The average Bonchev–Trinajstić information content (AvgIpc) is 2.42. The number of nitrogens with one attached hydrogen (secondary N) is 1. The molecule has 0 spiro atoms. The lowest BCUT2D eigenvalue weighted by Crippen LogP contribution is -2.26. The number of unbranched alkanes of at least 4 members (excludes halogenated alkanes) is 2. The van der Waals surface area contributed by atoms with E-state index >= 15 is 0 Å². The molecule has 0 radical (unpaired) electrons. The van der Waals surface area contributed by atoms with Crippen molar-refractivity contribution < 1.29 is 5.11 Å². The number of benzene rings is 1. The van der Waals surface area contributed by atoms with Crippen LogP contribution >= 0.6 is 11.8 Å². The average molecular weight is 279 g/mol. The van der Waals surface area contributed by atoms with Crippen molar-refractivity contribution >= 4 is 11.8 Å². The molecule has 1 aliphatic carbocycles. The number of hydrogen-bond donors (Lipinski definition) is 2. The number of fused-ring (bicyclic) bond motifs is 1. The van der Waals surface area contributed by atoms with Gasteiger partial charge in [-0.15, -0.1) is 0 Å². The Kier molecular flexibility index (Phi) is 6.05. The Balaban J connectivity index is 1.79. The Morgan fingerprint density at radius 1 is 1.32 bits per heavy atom. The predicted octanol–water partition coefficient (Wildman–Crippen LogP) is 3.89. The number of phenolic OH excluding ortho intramolecular Hbond substituents is 1. The van der Waals surface area contributed by atoms with Crippen LogP contribution in [0.2, 0.25) is 0 Å². The lowest BCUT2D eigenvalue weighted by Gasteiger charge is -2.26. The highest BCUT2D eigenvalue weighted by molar-refractivity contribution is 7.98. The molecule has 1 unspecified atom stereocenters. The molecule has 0 saturated carbocycles. The summed E-state index contributed by atoms with van der Waals surface area (Å²) in [6, 6.07) is 6.33. The number of thioether (sulfide) groups is 1. The fourth-order valence-electron chi connectivity index (χ4n) is 2.84. The van der Waals surface area contributed by atoms with Crippen LogP contribution in [0, 0.1) is 0 Å². The second kappa shape index (κ2) is 7.81. The second-order valence-electron chi connectivity index (χ2n) is 5.34. The molecule has 106 valence electrons. The summed E-state index contributed by atoms with van der Waals surface area (Å²) in [5.74, 6) is 1.68. The molecule has 1 aromatic carbocycles. The van der Waals surface area contributed by atoms with E-state index in [-0.39, 0.29) is 0 Å². The molecular formula is C16H25NOS. The predicted molar refractivity (Wildman–Crippen MR) is 84.0 cm³/mol. The van der Waals surface area contributed by atoms with Gasteiger partial charge in [-0.2, -0.15) is 11.8 Å². The minimum Gasteiger partial charge on any atom is -0.508 e. The lowest BCUT2D eigenvalue weighted by molar-refractivity contribution is 0.444. The summed E-state index contributed by atoms with van der Waals surface area (Å²) >= 11 is 1.94. The third kappa shape index (κ3) is 4.43. The standard InChI is InChI=1S/C16H25NOS/c1-19-11-4-2-3-10-17-16-7-5-6-13-12-14(18)8-9-15(13)16/h8-9,12,16-18H,2-7,10-11H2,1H3. The van der Waals surface area contributed by atoms with E-state index in [9.17, 15) is 5.11 Å². The SMILES string of the molecule is CSCCCCCNC1CCCc2cc(O)ccc21. The van der Waals surface area contributed by atoms with E-state index < -0.39 is 0 Å². The van der Waals surface area contributed by atoms with Gasteiger partial charge in [0.05, 0.1) is 0 Å². The van der Waals surface area contributed by atoms with E-state index in [1.165, 1.54) is 49.0 Å². The van der Waals surface area contributed by atoms with Crippen LogP contribution in [0.1, 0.15) is 49.3 Å². The minimum atomic E-state index is 0.400. The van der Waals surface area contributed by atoms with E-state index in [1.807, 2.05) is 23.9 Å². The van der Waals surface area contributed by atoms with E-state index in [0.717, 1.165) is 13.0 Å². The summed E-state index contributed by atoms with van der Waals surface area (Å²) in [4.78, 5) is 0. The molecule has 1 aliphatic rings. The van der Waals surface area contributed by atoms with Gasteiger partial charge in [-0.3, -0.25) is 0 Å². The molecule has 1 atom stereocenters. The van der Waals surface area contributed by atoms with Gasteiger partial charge >= 0.3 is 0 Å². The summed E-state index contributed by atoms with van der Waals surface area (Å²) in [6.07, 6.45) is 9.65. The lowest BCUT2D eigenvalue weighted by atomic mass is 9.87. The highest BCUT2D eigenvalue weighted by Gasteiger charge is 2.19. The molecule has 0 heterocycles. The highest BCUT2D eigenvalue weighted by atomic mass is 32.2. The molecule has 0 bridgehead atoms. The molecule has 3 heteroatoms. The molecular weight excluding hydrogens is 254 g/mol. The first-order valence-electron chi connectivity index (χ1n) is 7.35. The Bertz CT molecular complexity index is 394. The summed E-state index contributed by atoms with van der Waals surface area (Å²) in [5, 5.41) is 13.2. The van der Waals surface area contributed by atoms with Crippen molar-refractivity contribution in [2.45, 2.75) is 44.6 Å². The molecule has 0 amide bonds. The van der Waals surface area contributed by atoms with Crippen LogP contribution < -0.4 is 5.32 Å². The molecule has 0 aliphatic heterocycles. The molecule has 0 saturated heterocycles. The maximum Gasteiger partial charge on any atom is 0.115 e. The van der Waals surface area contributed by atoms with Crippen molar-refractivity contribution in [3.63, 3.8) is 0 Å².